The van der Waals surface area contributed by atoms with E-state index in [9.17, 15) is 0 Å². The first-order chi connectivity index (χ1) is 8.81. The lowest BCUT2D eigenvalue weighted by Gasteiger charge is -2.15. The van der Waals surface area contributed by atoms with Crippen molar-refractivity contribution in [3.8, 4) is 11.5 Å². The molecule has 0 amide bonds. The third-order valence-corrected chi connectivity index (χ3v) is 2.99. The molecule has 0 aromatic heterocycles. The van der Waals surface area contributed by atoms with Gasteiger partial charge in [-0.15, -0.1) is 11.6 Å². The number of hydrogen-bond donors (Lipinski definition) is 1. The maximum absolute atomic E-state index is 5.81. The number of hydrogen-bond acceptors (Lipinski definition) is 3. The molecule has 0 heterocycles. The SMILES string of the molecule is CCOc1ccccc1OCCNC(CC)CCl. The van der Waals surface area contributed by atoms with E-state index in [4.69, 9.17) is 21.1 Å². The summed E-state index contributed by atoms with van der Waals surface area (Å²) in [6.07, 6.45) is 1.03. The largest absolute Gasteiger partial charge is 0.490 e. The lowest BCUT2D eigenvalue weighted by molar-refractivity contribution is 0.272. The maximum Gasteiger partial charge on any atom is 0.161 e. The Balaban J connectivity index is 2.34. The number of rotatable bonds is 9. The van der Waals surface area contributed by atoms with Crippen LogP contribution in [0.25, 0.3) is 0 Å². The van der Waals surface area contributed by atoms with Crippen LogP contribution < -0.4 is 14.8 Å². The number of ether oxygens (including phenoxy) is 2. The van der Waals surface area contributed by atoms with E-state index in [0.717, 1.165) is 24.5 Å². The first kappa shape index (κ1) is 15.1. The minimum Gasteiger partial charge on any atom is -0.490 e. The van der Waals surface area contributed by atoms with Gasteiger partial charge in [-0.2, -0.15) is 0 Å². The van der Waals surface area contributed by atoms with Crippen molar-refractivity contribution in [2.45, 2.75) is 26.3 Å². The Morgan fingerprint density at radius 2 is 1.83 bits per heavy atom. The molecule has 0 aliphatic rings. The zero-order valence-corrected chi connectivity index (χ0v) is 11.9. The standard InChI is InChI=1S/C14H22ClNO2/c1-3-12(11-15)16-9-10-18-14-8-6-5-7-13(14)17-4-2/h5-8,12,16H,3-4,9-11H2,1-2H3. The molecule has 3 nitrogen and oxygen atoms in total. The summed E-state index contributed by atoms with van der Waals surface area (Å²) in [6, 6.07) is 8.08. The molecule has 0 bridgehead atoms. The predicted molar refractivity (Wildman–Crippen MR) is 75.9 cm³/mol. The van der Waals surface area contributed by atoms with Crippen molar-refractivity contribution in [3.63, 3.8) is 0 Å². The highest BCUT2D eigenvalue weighted by atomic mass is 35.5. The van der Waals surface area contributed by atoms with Gasteiger partial charge >= 0.3 is 0 Å². The fraction of sp³-hybridized carbons (Fsp3) is 0.571. The second-order valence-electron chi connectivity index (χ2n) is 3.94. The summed E-state index contributed by atoms with van der Waals surface area (Å²) in [4.78, 5) is 0. The summed E-state index contributed by atoms with van der Waals surface area (Å²) in [7, 11) is 0. The molecule has 0 aliphatic heterocycles. The van der Waals surface area contributed by atoms with Crippen LogP contribution in [0.15, 0.2) is 24.3 Å². The number of benzene rings is 1. The van der Waals surface area contributed by atoms with Gasteiger partial charge < -0.3 is 14.8 Å². The molecule has 0 fully saturated rings. The van der Waals surface area contributed by atoms with E-state index >= 15 is 0 Å². The minimum atomic E-state index is 0.359. The van der Waals surface area contributed by atoms with Crippen LogP contribution in [-0.2, 0) is 0 Å². The second kappa shape index (κ2) is 9.06. The summed E-state index contributed by atoms with van der Waals surface area (Å²) in [5, 5.41) is 3.34. The molecule has 0 saturated carbocycles. The Bertz CT molecular complexity index is 329. The third-order valence-electron chi connectivity index (χ3n) is 2.62. The van der Waals surface area contributed by atoms with Gasteiger partial charge in [-0.25, -0.2) is 0 Å². The minimum absolute atomic E-state index is 0.359. The zero-order valence-electron chi connectivity index (χ0n) is 11.1. The fourth-order valence-electron chi connectivity index (χ4n) is 1.58. The van der Waals surface area contributed by atoms with Crippen molar-refractivity contribution in [2.24, 2.45) is 0 Å². The maximum atomic E-state index is 5.81. The number of para-hydroxylation sites is 2. The first-order valence-corrected chi connectivity index (χ1v) is 6.99. The molecular formula is C14H22ClNO2. The summed E-state index contributed by atoms with van der Waals surface area (Å²) in [5.41, 5.74) is 0. The highest BCUT2D eigenvalue weighted by molar-refractivity contribution is 6.18. The zero-order chi connectivity index (χ0) is 13.2. The van der Waals surface area contributed by atoms with Gasteiger partial charge in [-0.05, 0) is 25.5 Å². The molecule has 0 radical (unpaired) electrons. The van der Waals surface area contributed by atoms with Crippen LogP contribution in [-0.4, -0.2) is 31.7 Å². The van der Waals surface area contributed by atoms with Crippen LogP contribution in [0.3, 0.4) is 0 Å². The van der Waals surface area contributed by atoms with Crippen molar-refractivity contribution in [3.05, 3.63) is 24.3 Å². The average molecular weight is 272 g/mol. The second-order valence-corrected chi connectivity index (χ2v) is 4.25. The van der Waals surface area contributed by atoms with Crippen LogP contribution in [0, 0.1) is 0 Å². The molecule has 4 heteroatoms. The molecule has 1 aromatic rings. The molecule has 1 aromatic carbocycles. The first-order valence-electron chi connectivity index (χ1n) is 6.45. The molecule has 1 unspecified atom stereocenters. The number of halogens is 1. The van der Waals surface area contributed by atoms with Crippen molar-refractivity contribution >= 4 is 11.6 Å². The van der Waals surface area contributed by atoms with E-state index in [-0.39, 0.29) is 0 Å². The van der Waals surface area contributed by atoms with Gasteiger partial charge in [0.05, 0.1) is 6.61 Å². The van der Waals surface area contributed by atoms with Gasteiger partial charge in [0, 0.05) is 18.5 Å². The Morgan fingerprint density at radius 3 is 2.39 bits per heavy atom. The van der Waals surface area contributed by atoms with Crippen LogP contribution in [0.1, 0.15) is 20.3 Å². The molecule has 0 spiro atoms. The van der Waals surface area contributed by atoms with E-state index in [0.29, 0.717) is 25.1 Å². The summed E-state index contributed by atoms with van der Waals surface area (Å²) < 4.78 is 11.2. The van der Waals surface area contributed by atoms with E-state index in [1.165, 1.54) is 0 Å². The molecule has 0 saturated heterocycles. The van der Waals surface area contributed by atoms with Gasteiger partial charge in [-0.3, -0.25) is 0 Å². The van der Waals surface area contributed by atoms with E-state index in [1.54, 1.807) is 0 Å². The lowest BCUT2D eigenvalue weighted by atomic mass is 10.2. The van der Waals surface area contributed by atoms with Crippen molar-refractivity contribution in [2.75, 3.05) is 25.6 Å². The number of nitrogens with one attached hydrogen (secondary N) is 1. The third kappa shape index (κ3) is 5.15. The summed E-state index contributed by atoms with van der Waals surface area (Å²) in [5.74, 6) is 2.22. The Labute approximate surface area is 114 Å². The summed E-state index contributed by atoms with van der Waals surface area (Å²) >= 11 is 5.81. The van der Waals surface area contributed by atoms with Gasteiger partial charge in [0.1, 0.15) is 6.61 Å². The van der Waals surface area contributed by atoms with E-state index in [2.05, 4.69) is 12.2 Å². The molecule has 102 valence electrons. The van der Waals surface area contributed by atoms with Gasteiger partial charge in [0.2, 0.25) is 0 Å². The van der Waals surface area contributed by atoms with Gasteiger partial charge in [-0.1, -0.05) is 19.1 Å². The Morgan fingerprint density at radius 1 is 1.17 bits per heavy atom. The van der Waals surface area contributed by atoms with Crippen molar-refractivity contribution in [1.29, 1.82) is 0 Å². The summed E-state index contributed by atoms with van der Waals surface area (Å²) in [6.45, 7) is 6.11. The van der Waals surface area contributed by atoms with Crippen molar-refractivity contribution in [1.82, 2.24) is 5.32 Å². The van der Waals surface area contributed by atoms with Crippen LogP contribution in [0.4, 0.5) is 0 Å². The molecule has 1 N–H and O–H groups in total. The van der Waals surface area contributed by atoms with Gasteiger partial charge in [0.15, 0.2) is 11.5 Å². The Kier molecular flexibility index (Phi) is 7.62. The average Bonchev–Trinajstić information content (AvgIpc) is 2.41. The van der Waals surface area contributed by atoms with Crippen LogP contribution >= 0.6 is 11.6 Å². The van der Waals surface area contributed by atoms with Crippen LogP contribution in [0.5, 0.6) is 11.5 Å². The highest BCUT2D eigenvalue weighted by Gasteiger charge is 2.05. The smallest absolute Gasteiger partial charge is 0.161 e. The molecule has 0 aliphatic carbocycles. The van der Waals surface area contributed by atoms with Crippen LogP contribution in [0.2, 0.25) is 0 Å². The number of alkyl halides is 1. The normalized spacial score (nSPS) is 12.2. The van der Waals surface area contributed by atoms with Crippen molar-refractivity contribution < 1.29 is 9.47 Å². The fourth-order valence-corrected chi connectivity index (χ4v) is 1.90. The quantitative estimate of drug-likeness (QED) is 0.553. The molecule has 18 heavy (non-hydrogen) atoms. The molecule has 1 atom stereocenters. The Hall–Kier alpha value is -0.930. The lowest BCUT2D eigenvalue weighted by Crippen LogP contribution is -2.33. The van der Waals surface area contributed by atoms with E-state index < -0.39 is 0 Å². The highest BCUT2D eigenvalue weighted by Crippen LogP contribution is 2.25. The van der Waals surface area contributed by atoms with Gasteiger partial charge in [0.25, 0.3) is 0 Å². The molecular weight excluding hydrogens is 250 g/mol. The topological polar surface area (TPSA) is 30.5 Å². The monoisotopic (exact) mass is 271 g/mol. The van der Waals surface area contributed by atoms with E-state index in [1.807, 2.05) is 31.2 Å². The predicted octanol–water partition coefficient (Wildman–Crippen LogP) is 3.07. The molecule has 1 rings (SSSR count).